The van der Waals surface area contributed by atoms with Gasteiger partial charge >= 0.3 is 0 Å². The minimum absolute atomic E-state index is 0.518. The molecule has 1 aromatic rings. The Morgan fingerprint density at radius 3 is 2.94 bits per heavy atom. The number of aliphatic imine (C=N–C) groups is 1. The number of hydrogen-bond donors (Lipinski definition) is 2. The minimum atomic E-state index is 0.518. The first kappa shape index (κ1) is 12.9. The first-order chi connectivity index (χ1) is 8.78. The molecular formula is C13H23N5. The number of nitrogens with zero attached hydrogens (tertiary/aromatic N) is 3. The molecule has 2 N–H and O–H groups in total. The van der Waals surface area contributed by atoms with Gasteiger partial charge in [-0.15, -0.1) is 0 Å². The Bertz CT molecular complexity index is 367. The molecule has 1 atom stereocenters. The third-order valence-electron chi connectivity index (χ3n) is 3.15. The number of rotatable bonds is 6. The van der Waals surface area contributed by atoms with E-state index in [1.54, 1.807) is 0 Å². The summed E-state index contributed by atoms with van der Waals surface area (Å²) in [5.41, 5.74) is 0. The van der Waals surface area contributed by atoms with Crippen LogP contribution in [0.4, 0.5) is 0 Å². The van der Waals surface area contributed by atoms with Crippen molar-refractivity contribution in [3.63, 3.8) is 0 Å². The Morgan fingerprint density at radius 2 is 2.33 bits per heavy atom. The van der Waals surface area contributed by atoms with Crippen LogP contribution in [0.3, 0.4) is 0 Å². The molecule has 0 saturated heterocycles. The van der Waals surface area contributed by atoms with Crippen molar-refractivity contribution in [3.8, 4) is 0 Å². The van der Waals surface area contributed by atoms with Crippen LogP contribution in [-0.4, -0.2) is 35.9 Å². The van der Waals surface area contributed by atoms with Gasteiger partial charge in [0.1, 0.15) is 0 Å². The Balaban J connectivity index is 1.65. The van der Waals surface area contributed by atoms with Crippen molar-refractivity contribution in [3.05, 3.63) is 18.5 Å². The summed E-state index contributed by atoms with van der Waals surface area (Å²) in [7, 11) is 1.82. The van der Waals surface area contributed by atoms with Gasteiger partial charge in [-0.2, -0.15) is 5.10 Å². The van der Waals surface area contributed by atoms with Gasteiger partial charge in [-0.25, -0.2) is 0 Å². The molecule has 100 valence electrons. The van der Waals surface area contributed by atoms with Crippen LogP contribution in [0.1, 0.15) is 19.8 Å². The summed E-state index contributed by atoms with van der Waals surface area (Å²) >= 11 is 0. The van der Waals surface area contributed by atoms with Crippen LogP contribution in [0.5, 0.6) is 0 Å². The van der Waals surface area contributed by atoms with E-state index in [2.05, 4.69) is 27.6 Å². The van der Waals surface area contributed by atoms with E-state index in [-0.39, 0.29) is 0 Å². The molecular weight excluding hydrogens is 226 g/mol. The van der Waals surface area contributed by atoms with Crippen LogP contribution in [0.25, 0.3) is 0 Å². The van der Waals surface area contributed by atoms with Crippen molar-refractivity contribution in [2.45, 2.75) is 26.3 Å². The summed E-state index contributed by atoms with van der Waals surface area (Å²) in [6, 6.07) is 1.95. The molecule has 1 heterocycles. The number of guanidine groups is 1. The van der Waals surface area contributed by atoms with Crippen LogP contribution < -0.4 is 10.6 Å². The SMILES string of the molecule is CN=C(NCC(C)Cn1cccn1)NCC1CC1. The van der Waals surface area contributed by atoms with Crippen molar-refractivity contribution < 1.29 is 0 Å². The summed E-state index contributed by atoms with van der Waals surface area (Å²) in [4.78, 5) is 4.23. The molecule has 1 unspecified atom stereocenters. The van der Waals surface area contributed by atoms with Crippen molar-refractivity contribution in [2.75, 3.05) is 20.1 Å². The average Bonchev–Trinajstić information content (AvgIpc) is 3.06. The zero-order valence-electron chi connectivity index (χ0n) is 11.3. The number of nitrogens with one attached hydrogen (secondary N) is 2. The van der Waals surface area contributed by atoms with Crippen molar-refractivity contribution in [1.82, 2.24) is 20.4 Å². The van der Waals surface area contributed by atoms with Crippen LogP contribution in [0, 0.1) is 11.8 Å². The van der Waals surface area contributed by atoms with E-state index in [0.717, 1.165) is 31.5 Å². The van der Waals surface area contributed by atoms with Gasteiger partial charge in [0.2, 0.25) is 0 Å². The fraction of sp³-hybridized carbons (Fsp3) is 0.692. The van der Waals surface area contributed by atoms with Crippen LogP contribution in [0.2, 0.25) is 0 Å². The zero-order valence-corrected chi connectivity index (χ0v) is 11.3. The largest absolute Gasteiger partial charge is 0.356 e. The lowest BCUT2D eigenvalue weighted by atomic mass is 10.2. The molecule has 1 saturated carbocycles. The molecule has 1 aliphatic rings. The molecule has 0 spiro atoms. The molecule has 5 nitrogen and oxygen atoms in total. The lowest BCUT2D eigenvalue weighted by molar-refractivity contribution is 0.443. The third-order valence-corrected chi connectivity index (χ3v) is 3.15. The summed E-state index contributed by atoms with van der Waals surface area (Å²) in [5.74, 6) is 2.30. The minimum Gasteiger partial charge on any atom is -0.356 e. The summed E-state index contributed by atoms with van der Waals surface area (Å²) in [6.07, 6.45) is 6.53. The Hall–Kier alpha value is -1.52. The lowest BCUT2D eigenvalue weighted by Gasteiger charge is -2.16. The monoisotopic (exact) mass is 249 g/mol. The zero-order chi connectivity index (χ0) is 12.8. The lowest BCUT2D eigenvalue weighted by Crippen LogP contribution is -2.40. The van der Waals surface area contributed by atoms with Gasteiger partial charge in [-0.05, 0) is 30.7 Å². The molecule has 1 fully saturated rings. The molecule has 1 aliphatic carbocycles. The highest BCUT2D eigenvalue weighted by molar-refractivity contribution is 5.79. The van der Waals surface area contributed by atoms with Crippen molar-refractivity contribution in [2.24, 2.45) is 16.8 Å². The number of hydrogen-bond acceptors (Lipinski definition) is 2. The maximum absolute atomic E-state index is 4.23. The third kappa shape index (κ3) is 4.39. The van der Waals surface area contributed by atoms with E-state index < -0.39 is 0 Å². The topological polar surface area (TPSA) is 54.2 Å². The van der Waals surface area contributed by atoms with E-state index in [1.807, 2.05) is 30.2 Å². The molecule has 0 aromatic carbocycles. The average molecular weight is 249 g/mol. The molecule has 18 heavy (non-hydrogen) atoms. The van der Waals surface area contributed by atoms with Gasteiger partial charge in [0, 0.05) is 39.1 Å². The molecule has 0 amide bonds. The first-order valence-electron chi connectivity index (χ1n) is 6.70. The van der Waals surface area contributed by atoms with Crippen LogP contribution in [0.15, 0.2) is 23.5 Å². The molecule has 2 rings (SSSR count). The maximum Gasteiger partial charge on any atom is 0.190 e. The number of aromatic nitrogens is 2. The maximum atomic E-state index is 4.23. The molecule has 5 heteroatoms. The Kier molecular flexibility index (Phi) is 4.61. The fourth-order valence-corrected chi connectivity index (χ4v) is 1.85. The second-order valence-electron chi connectivity index (χ2n) is 5.11. The van der Waals surface area contributed by atoms with Crippen molar-refractivity contribution in [1.29, 1.82) is 0 Å². The van der Waals surface area contributed by atoms with E-state index in [4.69, 9.17) is 0 Å². The second kappa shape index (κ2) is 6.42. The van der Waals surface area contributed by atoms with Gasteiger partial charge in [-0.1, -0.05) is 6.92 Å². The molecule has 1 aromatic heterocycles. The standard InChI is InChI=1S/C13H23N5/c1-11(10-18-7-3-6-17-18)8-15-13(14-2)16-9-12-4-5-12/h3,6-7,11-12H,4-5,8-10H2,1-2H3,(H2,14,15,16). The van der Waals surface area contributed by atoms with E-state index in [0.29, 0.717) is 5.92 Å². The Morgan fingerprint density at radius 1 is 1.50 bits per heavy atom. The first-order valence-corrected chi connectivity index (χ1v) is 6.70. The smallest absolute Gasteiger partial charge is 0.190 e. The van der Waals surface area contributed by atoms with Crippen LogP contribution in [-0.2, 0) is 6.54 Å². The molecule has 0 bridgehead atoms. The van der Waals surface area contributed by atoms with E-state index in [9.17, 15) is 0 Å². The molecule has 0 radical (unpaired) electrons. The van der Waals surface area contributed by atoms with E-state index in [1.165, 1.54) is 12.8 Å². The fourth-order valence-electron chi connectivity index (χ4n) is 1.85. The van der Waals surface area contributed by atoms with Gasteiger partial charge in [0.25, 0.3) is 0 Å². The highest BCUT2D eigenvalue weighted by Gasteiger charge is 2.21. The predicted molar refractivity (Wildman–Crippen MR) is 73.5 cm³/mol. The second-order valence-corrected chi connectivity index (χ2v) is 5.11. The van der Waals surface area contributed by atoms with Gasteiger partial charge in [-0.3, -0.25) is 9.67 Å². The Labute approximate surface area is 109 Å². The van der Waals surface area contributed by atoms with Gasteiger partial charge in [0.15, 0.2) is 5.96 Å². The normalized spacial score (nSPS) is 17.6. The molecule has 0 aliphatic heterocycles. The summed E-state index contributed by atoms with van der Waals surface area (Å²) in [6.45, 7) is 5.10. The highest BCUT2D eigenvalue weighted by atomic mass is 15.3. The van der Waals surface area contributed by atoms with Gasteiger partial charge < -0.3 is 10.6 Å². The highest BCUT2D eigenvalue weighted by Crippen LogP contribution is 2.27. The van der Waals surface area contributed by atoms with Crippen molar-refractivity contribution >= 4 is 5.96 Å². The quantitative estimate of drug-likeness (QED) is 0.586. The summed E-state index contributed by atoms with van der Waals surface area (Å²) < 4.78 is 1.97. The summed E-state index contributed by atoms with van der Waals surface area (Å²) in [5, 5.41) is 10.9. The van der Waals surface area contributed by atoms with E-state index >= 15 is 0 Å². The van der Waals surface area contributed by atoms with Gasteiger partial charge in [0.05, 0.1) is 0 Å². The van der Waals surface area contributed by atoms with Crippen LogP contribution >= 0.6 is 0 Å². The predicted octanol–water partition coefficient (Wildman–Crippen LogP) is 1.09.